The number of aliphatic hydroxyl groups excluding tert-OH is 1. The molecule has 3 nitrogen and oxygen atoms in total. The normalized spacial score (nSPS) is 12.6. The van der Waals surface area contributed by atoms with Gasteiger partial charge in [-0.3, -0.25) is 0 Å². The molecule has 2 N–H and O–H groups in total. The Morgan fingerprint density at radius 2 is 2.21 bits per heavy atom. The molecule has 102 valence electrons. The molecule has 0 fully saturated rings. The number of nitrogens with one attached hydrogen (secondary N) is 1. The van der Waals surface area contributed by atoms with Crippen molar-refractivity contribution in [2.24, 2.45) is 0 Å². The monoisotopic (exact) mass is 296 g/mol. The van der Waals surface area contributed by atoms with Gasteiger partial charge < -0.3 is 10.4 Å². The molecule has 0 saturated carbocycles. The molecule has 2 aromatic rings. The zero-order valence-corrected chi connectivity index (χ0v) is 12.3. The van der Waals surface area contributed by atoms with Crippen molar-refractivity contribution >= 4 is 22.9 Å². The van der Waals surface area contributed by atoms with Crippen molar-refractivity contribution in [3.63, 3.8) is 0 Å². The van der Waals surface area contributed by atoms with E-state index in [0.717, 1.165) is 29.2 Å². The van der Waals surface area contributed by atoms with Crippen LogP contribution in [-0.2, 0) is 6.42 Å². The highest BCUT2D eigenvalue weighted by Gasteiger charge is 2.10. The van der Waals surface area contributed by atoms with Crippen LogP contribution in [0.3, 0.4) is 0 Å². The van der Waals surface area contributed by atoms with Crippen LogP contribution in [0.5, 0.6) is 0 Å². The van der Waals surface area contributed by atoms with Crippen LogP contribution in [0.15, 0.2) is 29.6 Å². The fraction of sp³-hybridized carbons (Fsp3) is 0.357. The van der Waals surface area contributed by atoms with Crippen LogP contribution < -0.4 is 5.32 Å². The van der Waals surface area contributed by atoms with Gasteiger partial charge in [0.25, 0.3) is 0 Å². The summed E-state index contributed by atoms with van der Waals surface area (Å²) in [5, 5.41) is 17.0. The second-order valence-electron chi connectivity index (χ2n) is 4.35. The van der Waals surface area contributed by atoms with E-state index in [1.807, 2.05) is 25.1 Å². The average molecular weight is 297 g/mol. The zero-order valence-electron chi connectivity index (χ0n) is 10.8. The number of aliphatic hydroxyl groups is 1. The summed E-state index contributed by atoms with van der Waals surface area (Å²) < 4.78 is 0. The van der Waals surface area contributed by atoms with Crippen LogP contribution in [0.1, 0.15) is 22.4 Å². The van der Waals surface area contributed by atoms with Gasteiger partial charge in [0.1, 0.15) is 0 Å². The molecule has 1 unspecified atom stereocenters. The van der Waals surface area contributed by atoms with Crippen molar-refractivity contribution in [1.82, 2.24) is 10.3 Å². The van der Waals surface area contributed by atoms with Gasteiger partial charge in [0, 0.05) is 35.5 Å². The minimum atomic E-state index is -0.578. The summed E-state index contributed by atoms with van der Waals surface area (Å²) >= 11 is 7.70. The predicted molar refractivity (Wildman–Crippen MR) is 79.8 cm³/mol. The number of hydrogen-bond donors (Lipinski definition) is 2. The SMILES string of the molecule is Cc1nc(CCNCC(O)c2ccccc2Cl)cs1. The molecule has 1 heterocycles. The number of rotatable bonds is 6. The summed E-state index contributed by atoms with van der Waals surface area (Å²) in [7, 11) is 0. The molecule has 0 bridgehead atoms. The molecule has 0 amide bonds. The van der Waals surface area contributed by atoms with E-state index in [1.54, 1.807) is 17.4 Å². The van der Waals surface area contributed by atoms with E-state index in [0.29, 0.717) is 11.6 Å². The molecule has 0 spiro atoms. The molecule has 2 rings (SSSR count). The summed E-state index contributed by atoms with van der Waals surface area (Å²) in [5.74, 6) is 0. The average Bonchev–Trinajstić information content (AvgIpc) is 2.81. The predicted octanol–water partition coefficient (Wildman–Crippen LogP) is 2.97. The van der Waals surface area contributed by atoms with Gasteiger partial charge in [-0.05, 0) is 13.0 Å². The van der Waals surface area contributed by atoms with Crippen molar-refractivity contribution < 1.29 is 5.11 Å². The molecule has 19 heavy (non-hydrogen) atoms. The molecule has 1 aromatic carbocycles. The summed E-state index contributed by atoms with van der Waals surface area (Å²) in [4.78, 5) is 4.39. The van der Waals surface area contributed by atoms with Gasteiger partial charge in [0.2, 0.25) is 0 Å². The van der Waals surface area contributed by atoms with Crippen molar-refractivity contribution in [3.8, 4) is 0 Å². The van der Waals surface area contributed by atoms with Crippen molar-refractivity contribution in [3.05, 3.63) is 50.9 Å². The van der Waals surface area contributed by atoms with Crippen molar-refractivity contribution in [2.75, 3.05) is 13.1 Å². The van der Waals surface area contributed by atoms with E-state index in [4.69, 9.17) is 11.6 Å². The highest BCUT2D eigenvalue weighted by molar-refractivity contribution is 7.09. The first-order valence-corrected chi connectivity index (χ1v) is 7.47. The Hall–Kier alpha value is -0.940. The Morgan fingerprint density at radius 3 is 2.89 bits per heavy atom. The number of aryl methyl sites for hydroxylation is 1. The van der Waals surface area contributed by atoms with Crippen LogP contribution >= 0.6 is 22.9 Å². The van der Waals surface area contributed by atoms with Crippen LogP contribution in [-0.4, -0.2) is 23.2 Å². The molecular formula is C14H17ClN2OS. The quantitative estimate of drug-likeness (QED) is 0.806. The van der Waals surface area contributed by atoms with E-state index in [1.165, 1.54) is 0 Å². The molecule has 1 aromatic heterocycles. The maximum absolute atomic E-state index is 10.0. The smallest absolute Gasteiger partial charge is 0.0928 e. The largest absolute Gasteiger partial charge is 0.387 e. The first-order chi connectivity index (χ1) is 9.16. The third-order valence-electron chi connectivity index (χ3n) is 2.83. The Balaban J connectivity index is 1.75. The fourth-order valence-electron chi connectivity index (χ4n) is 1.83. The lowest BCUT2D eigenvalue weighted by Crippen LogP contribution is -2.24. The lowest BCUT2D eigenvalue weighted by molar-refractivity contribution is 0.175. The van der Waals surface area contributed by atoms with Gasteiger partial charge >= 0.3 is 0 Å². The van der Waals surface area contributed by atoms with Gasteiger partial charge in [-0.1, -0.05) is 29.8 Å². The zero-order chi connectivity index (χ0) is 13.7. The third kappa shape index (κ3) is 4.28. The second-order valence-corrected chi connectivity index (χ2v) is 5.82. The lowest BCUT2D eigenvalue weighted by Gasteiger charge is -2.13. The van der Waals surface area contributed by atoms with Gasteiger partial charge in [0.15, 0.2) is 0 Å². The molecule has 0 radical (unpaired) electrons. The summed E-state index contributed by atoms with van der Waals surface area (Å²) in [5.41, 5.74) is 1.86. The van der Waals surface area contributed by atoms with Gasteiger partial charge in [-0.2, -0.15) is 0 Å². The number of aromatic nitrogens is 1. The summed E-state index contributed by atoms with van der Waals surface area (Å²) in [6.07, 6.45) is 0.297. The number of halogens is 1. The van der Waals surface area contributed by atoms with Crippen LogP contribution in [0, 0.1) is 6.92 Å². The molecule has 0 aliphatic rings. The Morgan fingerprint density at radius 1 is 1.42 bits per heavy atom. The van der Waals surface area contributed by atoms with Gasteiger partial charge in [-0.15, -0.1) is 11.3 Å². The third-order valence-corrected chi connectivity index (χ3v) is 3.99. The van der Waals surface area contributed by atoms with Crippen molar-refractivity contribution in [2.45, 2.75) is 19.4 Å². The first-order valence-electron chi connectivity index (χ1n) is 6.21. The number of nitrogens with zero attached hydrogens (tertiary/aromatic N) is 1. The van der Waals surface area contributed by atoms with E-state index < -0.39 is 6.10 Å². The van der Waals surface area contributed by atoms with E-state index in [-0.39, 0.29) is 0 Å². The van der Waals surface area contributed by atoms with E-state index >= 15 is 0 Å². The topological polar surface area (TPSA) is 45.2 Å². The Bertz CT molecular complexity index is 530. The number of hydrogen-bond acceptors (Lipinski definition) is 4. The van der Waals surface area contributed by atoms with E-state index in [2.05, 4.69) is 15.7 Å². The number of benzene rings is 1. The summed E-state index contributed by atoms with van der Waals surface area (Å²) in [6.45, 7) is 3.29. The number of thiazole rings is 1. The first kappa shape index (κ1) is 14.5. The standard InChI is InChI=1S/C14H17ClN2OS/c1-10-17-11(9-19-10)6-7-16-8-14(18)12-4-2-3-5-13(12)15/h2-5,9,14,16,18H,6-8H2,1H3. The van der Waals surface area contributed by atoms with Crippen molar-refractivity contribution in [1.29, 1.82) is 0 Å². The lowest BCUT2D eigenvalue weighted by atomic mass is 10.1. The second kappa shape index (κ2) is 7.01. The molecular weight excluding hydrogens is 280 g/mol. The molecule has 1 atom stereocenters. The maximum atomic E-state index is 10.0. The maximum Gasteiger partial charge on any atom is 0.0928 e. The van der Waals surface area contributed by atoms with Gasteiger partial charge in [0.05, 0.1) is 16.8 Å². The van der Waals surface area contributed by atoms with Crippen LogP contribution in [0.4, 0.5) is 0 Å². The Kier molecular flexibility index (Phi) is 5.34. The summed E-state index contributed by atoms with van der Waals surface area (Å²) in [6, 6.07) is 7.37. The minimum Gasteiger partial charge on any atom is -0.387 e. The highest BCUT2D eigenvalue weighted by Crippen LogP contribution is 2.21. The van der Waals surface area contributed by atoms with Crippen LogP contribution in [0.25, 0.3) is 0 Å². The van der Waals surface area contributed by atoms with Gasteiger partial charge in [-0.25, -0.2) is 4.98 Å². The van der Waals surface area contributed by atoms with Crippen LogP contribution in [0.2, 0.25) is 5.02 Å². The molecule has 5 heteroatoms. The molecule has 0 saturated heterocycles. The minimum absolute atomic E-state index is 0.493. The van der Waals surface area contributed by atoms with E-state index in [9.17, 15) is 5.11 Å². The fourth-order valence-corrected chi connectivity index (χ4v) is 2.74. The highest BCUT2D eigenvalue weighted by atomic mass is 35.5. The molecule has 0 aliphatic carbocycles. The Labute approximate surface area is 122 Å². The molecule has 0 aliphatic heterocycles.